The van der Waals surface area contributed by atoms with Crippen LogP contribution in [0.15, 0.2) is 231 Å². The molecule has 8 aromatic rings. The van der Waals surface area contributed by atoms with Crippen molar-refractivity contribution < 1.29 is 4.74 Å². The topological polar surface area (TPSA) is 47.4 Å². The van der Waals surface area contributed by atoms with Crippen LogP contribution in [0.3, 0.4) is 0 Å². The molecule has 6 aromatic carbocycles. The van der Waals surface area contributed by atoms with Gasteiger partial charge in [0.1, 0.15) is 12.4 Å². The van der Waals surface area contributed by atoms with Crippen LogP contribution >= 0.6 is 0 Å². The number of rotatable bonds is 15. The van der Waals surface area contributed by atoms with Gasteiger partial charge in [0.15, 0.2) is 0 Å². The number of pyridine rings is 2. The van der Waals surface area contributed by atoms with Crippen LogP contribution in [-0.2, 0) is 13.0 Å². The average molecular weight is 886 g/mol. The van der Waals surface area contributed by atoms with Gasteiger partial charge in [0.2, 0.25) is 0 Å². The third-order valence-electron chi connectivity index (χ3n) is 12.0. The van der Waals surface area contributed by atoms with E-state index in [1.165, 1.54) is 22.3 Å². The number of allylic oxidation sites excluding steroid dienone is 8. The number of aliphatic imine (C=N–C) groups is 1. The largest absolute Gasteiger partial charge is 0.489 e. The molecule has 0 fully saturated rings. The van der Waals surface area contributed by atoms with Crippen molar-refractivity contribution in [2.75, 3.05) is 7.05 Å². The molecular formula is C64H59N3O. The van der Waals surface area contributed by atoms with E-state index in [9.17, 15) is 0 Å². The van der Waals surface area contributed by atoms with Crippen LogP contribution in [-0.4, -0.2) is 23.2 Å². The molecule has 0 aliphatic carbocycles. The summed E-state index contributed by atoms with van der Waals surface area (Å²) in [4.78, 5) is 12.7. The summed E-state index contributed by atoms with van der Waals surface area (Å²) < 4.78 is 6.44. The van der Waals surface area contributed by atoms with Crippen LogP contribution in [0.1, 0.15) is 47.2 Å². The van der Waals surface area contributed by atoms with E-state index >= 15 is 0 Å². The van der Waals surface area contributed by atoms with Gasteiger partial charge in [-0.3, -0.25) is 15.0 Å². The Bertz CT molecular complexity index is 3120. The van der Waals surface area contributed by atoms with Crippen molar-refractivity contribution in [1.82, 2.24) is 9.97 Å². The van der Waals surface area contributed by atoms with Gasteiger partial charge in [0, 0.05) is 43.6 Å². The summed E-state index contributed by atoms with van der Waals surface area (Å²) in [7, 11) is 1.79. The number of hydrogen-bond donors (Lipinski definition) is 0. The van der Waals surface area contributed by atoms with Gasteiger partial charge in [0.25, 0.3) is 0 Å². The summed E-state index contributed by atoms with van der Waals surface area (Å²) in [6.07, 6.45) is 21.8. The van der Waals surface area contributed by atoms with Crippen LogP contribution < -0.4 is 4.74 Å². The molecule has 0 aliphatic rings. The Kier molecular flexibility index (Phi) is 16.7. The number of ether oxygens (including phenoxy) is 1. The predicted molar refractivity (Wildman–Crippen MR) is 291 cm³/mol. The smallest absolute Gasteiger partial charge is 0.120 e. The third-order valence-corrected chi connectivity index (χ3v) is 12.0. The molecule has 0 amide bonds. The van der Waals surface area contributed by atoms with E-state index in [2.05, 4.69) is 182 Å². The molecule has 0 spiro atoms. The molecule has 336 valence electrons. The zero-order valence-corrected chi connectivity index (χ0v) is 39.9. The minimum absolute atomic E-state index is 0.546. The highest BCUT2D eigenvalue weighted by molar-refractivity contribution is 6.10. The van der Waals surface area contributed by atoms with E-state index in [4.69, 9.17) is 4.74 Å². The lowest BCUT2D eigenvalue weighted by Crippen LogP contribution is -2.03. The first kappa shape index (κ1) is 47.7. The molecule has 0 saturated heterocycles. The summed E-state index contributed by atoms with van der Waals surface area (Å²) >= 11 is 0. The molecule has 0 aliphatic heterocycles. The fourth-order valence-electron chi connectivity index (χ4n) is 8.31. The molecule has 2 heterocycles. The van der Waals surface area contributed by atoms with Crippen molar-refractivity contribution in [3.8, 4) is 61.4 Å². The lowest BCUT2D eigenvalue weighted by atomic mass is 9.90. The maximum absolute atomic E-state index is 6.44. The highest BCUT2D eigenvalue weighted by atomic mass is 16.5. The fraction of sp³-hybridized carbons (Fsp3) is 0.109. The molecule has 0 radical (unpaired) electrons. The van der Waals surface area contributed by atoms with Crippen molar-refractivity contribution in [1.29, 1.82) is 0 Å². The van der Waals surface area contributed by atoms with Crippen LogP contribution in [0.4, 0.5) is 0 Å². The second-order valence-corrected chi connectivity index (χ2v) is 16.4. The van der Waals surface area contributed by atoms with Crippen LogP contribution in [0.2, 0.25) is 0 Å². The van der Waals surface area contributed by atoms with Crippen molar-refractivity contribution in [2.45, 2.75) is 40.7 Å². The van der Waals surface area contributed by atoms with E-state index in [1.54, 1.807) is 25.4 Å². The zero-order chi connectivity index (χ0) is 47.7. The number of nitrogens with zero attached hydrogens (tertiary/aromatic N) is 3. The van der Waals surface area contributed by atoms with Crippen molar-refractivity contribution in [3.05, 3.63) is 259 Å². The summed E-state index contributed by atoms with van der Waals surface area (Å²) in [5, 5.41) is 0. The first-order chi connectivity index (χ1) is 33.3. The van der Waals surface area contributed by atoms with Crippen LogP contribution in [0.25, 0.3) is 66.8 Å². The van der Waals surface area contributed by atoms with Crippen molar-refractivity contribution >= 4 is 17.4 Å². The standard InChI is InChI=1S/C52H46N2O.C12H13N/c1-6-13-46(33-53-5)40-15-9-18-43(27-40)49-29-48(30-50(31-49)44-19-10-16-41(28-44)47-21-12-25-54-34-47)42-17-8-14-39(26-42)45-20-11-22-51(32-45)55-35-52-36(3)23-24-38(7-2)37(52)4;1-3-5-7-11(4-2)12-8-6-9-13-10-12/h6,8-34H,1,7,35H2,2-5H3;3-10H,1H2,2H3/b46-13+,53-33?;7-5-,11-4+. The van der Waals surface area contributed by atoms with E-state index in [0.717, 1.165) is 90.1 Å². The number of aryl methyl sites for hydroxylation is 2. The van der Waals surface area contributed by atoms with Gasteiger partial charge in [-0.05, 0) is 182 Å². The SMILES string of the molecule is C=C/C=C(\C=NC)c1cccc(-c2cc(-c3cccc(-c4cccnc4)c3)cc(-c3cccc(-c4cccc(OCc5c(C)ccc(CC)c5C)c4)c3)c2)c1.C=C/C=C\C(=C/C)c1cccnc1. The summed E-state index contributed by atoms with van der Waals surface area (Å²) in [6, 6.07) is 54.0. The van der Waals surface area contributed by atoms with Gasteiger partial charge < -0.3 is 4.74 Å². The van der Waals surface area contributed by atoms with Crippen LogP contribution in [0, 0.1) is 13.8 Å². The van der Waals surface area contributed by atoms with Crippen molar-refractivity contribution in [2.24, 2.45) is 4.99 Å². The van der Waals surface area contributed by atoms with E-state index in [1.807, 2.05) is 74.2 Å². The van der Waals surface area contributed by atoms with Gasteiger partial charge in [-0.1, -0.05) is 148 Å². The second-order valence-electron chi connectivity index (χ2n) is 16.4. The zero-order valence-electron chi connectivity index (χ0n) is 39.9. The molecule has 4 nitrogen and oxygen atoms in total. The molecule has 0 saturated carbocycles. The molecule has 0 bridgehead atoms. The maximum atomic E-state index is 6.44. The quantitative estimate of drug-likeness (QED) is 0.0761. The summed E-state index contributed by atoms with van der Waals surface area (Å²) in [5.74, 6) is 0.860. The molecule has 8 rings (SSSR count). The fourth-order valence-corrected chi connectivity index (χ4v) is 8.31. The molecule has 0 atom stereocenters. The highest BCUT2D eigenvalue weighted by Crippen LogP contribution is 2.37. The molecule has 0 unspecified atom stereocenters. The monoisotopic (exact) mass is 885 g/mol. The van der Waals surface area contributed by atoms with E-state index < -0.39 is 0 Å². The predicted octanol–water partition coefficient (Wildman–Crippen LogP) is 16.7. The van der Waals surface area contributed by atoms with Crippen LogP contribution in [0.5, 0.6) is 5.75 Å². The second kappa shape index (κ2) is 23.8. The van der Waals surface area contributed by atoms with E-state index in [0.29, 0.717) is 6.61 Å². The van der Waals surface area contributed by atoms with Gasteiger partial charge in [-0.25, -0.2) is 0 Å². The molecule has 0 N–H and O–H groups in total. The Morgan fingerprint density at radius 3 is 1.69 bits per heavy atom. The Morgan fingerprint density at radius 1 is 0.574 bits per heavy atom. The van der Waals surface area contributed by atoms with Gasteiger partial charge >= 0.3 is 0 Å². The first-order valence-corrected chi connectivity index (χ1v) is 23.1. The Balaban J connectivity index is 0.000000456. The molecule has 2 aromatic heterocycles. The molecular weight excluding hydrogens is 827 g/mol. The third kappa shape index (κ3) is 12.2. The average Bonchev–Trinajstić information content (AvgIpc) is 3.39. The molecule has 68 heavy (non-hydrogen) atoms. The summed E-state index contributed by atoms with van der Waals surface area (Å²) in [6.45, 7) is 16.7. The van der Waals surface area contributed by atoms with Gasteiger partial charge in [0.05, 0.1) is 0 Å². The maximum Gasteiger partial charge on any atom is 0.120 e. The Hall–Kier alpha value is -8.21. The summed E-state index contributed by atoms with van der Waals surface area (Å²) in [5.41, 5.74) is 20.9. The lowest BCUT2D eigenvalue weighted by molar-refractivity contribution is 0.304. The van der Waals surface area contributed by atoms with Crippen molar-refractivity contribution in [3.63, 3.8) is 0 Å². The Labute approximate surface area is 403 Å². The minimum Gasteiger partial charge on any atom is -0.489 e. The number of benzene rings is 6. The first-order valence-electron chi connectivity index (χ1n) is 23.1. The van der Waals surface area contributed by atoms with Gasteiger partial charge in [-0.2, -0.15) is 0 Å². The molecule has 4 heteroatoms. The lowest BCUT2D eigenvalue weighted by Gasteiger charge is -2.15. The van der Waals surface area contributed by atoms with Gasteiger partial charge in [-0.15, -0.1) is 0 Å². The number of hydrogen-bond acceptors (Lipinski definition) is 4. The Morgan fingerprint density at radius 2 is 1.12 bits per heavy atom. The minimum atomic E-state index is 0.546. The highest BCUT2D eigenvalue weighted by Gasteiger charge is 2.13. The normalized spacial score (nSPS) is 11.6. The van der Waals surface area contributed by atoms with E-state index in [-0.39, 0.29) is 0 Å². The number of aromatic nitrogens is 2.